The predicted octanol–water partition coefficient (Wildman–Crippen LogP) is 3.26. The number of nitrogens with one attached hydrogen (secondary N) is 1. The third-order valence-corrected chi connectivity index (χ3v) is 5.75. The highest BCUT2D eigenvalue weighted by molar-refractivity contribution is 7.12. The fraction of sp³-hybridized carbons (Fsp3) is 0.400. The Balaban J connectivity index is 1.41. The number of carbonyl (C=O) groups is 2. The fourth-order valence-corrected chi connectivity index (χ4v) is 3.93. The van der Waals surface area contributed by atoms with E-state index in [9.17, 15) is 9.59 Å². The maximum atomic E-state index is 12.5. The minimum atomic E-state index is -0.109. The minimum Gasteiger partial charge on any atom is -0.351 e. The van der Waals surface area contributed by atoms with Crippen LogP contribution in [-0.2, 0) is 11.3 Å². The van der Waals surface area contributed by atoms with Crippen molar-refractivity contribution in [3.63, 3.8) is 0 Å². The second-order valence-corrected chi connectivity index (χ2v) is 8.00. The van der Waals surface area contributed by atoms with Crippen LogP contribution in [0.15, 0.2) is 41.8 Å². The molecule has 0 bridgehead atoms. The molecule has 0 atom stereocenters. The first-order chi connectivity index (χ1) is 13.1. The van der Waals surface area contributed by atoms with E-state index in [4.69, 9.17) is 11.6 Å². The first-order valence-electron chi connectivity index (χ1n) is 9.18. The second-order valence-electron chi connectivity index (χ2n) is 6.62. The molecule has 1 aliphatic heterocycles. The predicted molar refractivity (Wildman–Crippen MR) is 109 cm³/mol. The van der Waals surface area contributed by atoms with Gasteiger partial charge in [0.15, 0.2) is 0 Å². The Hall–Kier alpha value is -1.89. The zero-order chi connectivity index (χ0) is 19.1. The summed E-state index contributed by atoms with van der Waals surface area (Å²) in [7, 11) is 0. The van der Waals surface area contributed by atoms with Crippen molar-refractivity contribution in [2.45, 2.75) is 19.4 Å². The van der Waals surface area contributed by atoms with Gasteiger partial charge in [0.05, 0.1) is 4.88 Å². The molecule has 0 unspecified atom stereocenters. The highest BCUT2D eigenvalue weighted by atomic mass is 35.5. The molecule has 27 heavy (non-hydrogen) atoms. The van der Waals surface area contributed by atoms with Crippen LogP contribution in [0.2, 0.25) is 5.02 Å². The zero-order valence-corrected chi connectivity index (χ0v) is 16.8. The molecule has 0 aliphatic carbocycles. The molecule has 3 rings (SSSR count). The van der Waals surface area contributed by atoms with Gasteiger partial charge in [0.25, 0.3) is 5.91 Å². The Morgan fingerprint density at radius 1 is 1.07 bits per heavy atom. The number of hydrogen-bond acceptors (Lipinski definition) is 4. The molecule has 1 aliphatic rings. The number of hydrogen-bond donors (Lipinski definition) is 1. The Bertz CT molecular complexity index is 749. The lowest BCUT2D eigenvalue weighted by atomic mass is 10.2. The molecule has 2 amide bonds. The average Bonchev–Trinajstić information content (AvgIpc) is 3.11. The number of amides is 2. The van der Waals surface area contributed by atoms with Gasteiger partial charge in [-0.15, -0.1) is 11.3 Å². The number of thiophene rings is 1. The number of carbonyl (C=O) groups excluding carboxylic acids is 2. The van der Waals surface area contributed by atoms with Gasteiger partial charge in [-0.2, -0.15) is 0 Å². The first-order valence-corrected chi connectivity index (χ1v) is 10.4. The highest BCUT2D eigenvalue weighted by Gasteiger charge is 2.19. The second kappa shape index (κ2) is 9.88. The van der Waals surface area contributed by atoms with Crippen LogP contribution in [0.5, 0.6) is 0 Å². The molecule has 1 aromatic heterocycles. The number of benzene rings is 1. The summed E-state index contributed by atoms with van der Waals surface area (Å²) in [4.78, 5) is 29.3. The molecule has 1 saturated heterocycles. The highest BCUT2D eigenvalue weighted by Crippen LogP contribution is 2.13. The van der Waals surface area contributed by atoms with Crippen molar-refractivity contribution < 1.29 is 9.59 Å². The van der Waals surface area contributed by atoms with Crippen LogP contribution in [0, 0.1) is 0 Å². The molecular weight excluding hydrogens is 382 g/mol. The smallest absolute Gasteiger partial charge is 0.261 e. The molecule has 2 heterocycles. The lowest BCUT2D eigenvalue weighted by Gasteiger charge is -2.22. The normalized spacial score (nSPS) is 15.4. The number of halogens is 1. The summed E-state index contributed by atoms with van der Waals surface area (Å²) in [6.45, 7) is 4.58. The van der Waals surface area contributed by atoms with Crippen molar-refractivity contribution in [2.24, 2.45) is 0 Å². The summed E-state index contributed by atoms with van der Waals surface area (Å²) in [6, 6.07) is 11.5. The van der Waals surface area contributed by atoms with Crippen LogP contribution in [0.3, 0.4) is 0 Å². The van der Waals surface area contributed by atoms with Crippen molar-refractivity contribution in [1.29, 1.82) is 0 Å². The van der Waals surface area contributed by atoms with E-state index in [0.717, 1.165) is 44.2 Å². The van der Waals surface area contributed by atoms with E-state index in [0.29, 0.717) is 17.8 Å². The SMILES string of the molecule is O=C(NCCC(=O)N1CCCN(Cc2ccc(Cl)cc2)CC1)c1cccs1. The quantitative estimate of drug-likeness (QED) is 0.802. The van der Waals surface area contributed by atoms with Gasteiger partial charge < -0.3 is 10.2 Å². The van der Waals surface area contributed by atoms with Gasteiger partial charge in [0.1, 0.15) is 0 Å². The van der Waals surface area contributed by atoms with Gasteiger partial charge in [-0.1, -0.05) is 29.8 Å². The molecule has 0 radical (unpaired) electrons. The van der Waals surface area contributed by atoms with Gasteiger partial charge >= 0.3 is 0 Å². The molecule has 5 nitrogen and oxygen atoms in total. The van der Waals surface area contributed by atoms with Crippen molar-refractivity contribution in [3.05, 3.63) is 57.2 Å². The average molecular weight is 406 g/mol. The van der Waals surface area contributed by atoms with Gasteiger partial charge in [0, 0.05) is 50.7 Å². The molecule has 2 aromatic rings. The standard InChI is InChI=1S/C20H24ClN3O2S/c21-17-6-4-16(5-7-17)15-23-10-2-11-24(13-12-23)19(25)8-9-22-20(26)18-3-1-14-27-18/h1,3-7,14H,2,8-13,15H2,(H,22,26). The summed E-state index contributed by atoms with van der Waals surface area (Å²) in [5.74, 6) is -0.00220. The van der Waals surface area contributed by atoms with E-state index in [1.807, 2.05) is 40.6 Å². The maximum absolute atomic E-state index is 12.5. The lowest BCUT2D eigenvalue weighted by molar-refractivity contribution is -0.130. The van der Waals surface area contributed by atoms with E-state index in [1.165, 1.54) is 16.9 Å². The van der Waals surface area contributed by atoms with Gasteiger partial charge in [0.2, 0.25) is 5.91 Å². The minimum absolute atomic E-state index is 0.106. The van der Waals surface area contributed by atoms with Crippen LogP contribution in [0.25, 0.3) is 0 Å². The molecular formula is C20H24ClN3O2S. The summed E-state index contributed by atoms with van der Waals surface area (Å²) in [5, 5.41) is 5.44. The summed E-state index contributed by atoms with van der Waals surface area (Å²) in [6.07, 6.45) is 1.30. The third kappa shape index (κ3) is 6.06. The van der Waals surface area contributed by atoms with E-state index in [-0.39, 0.29) is 11.8 Å². The van der Waals surface area contributed by atoms with Gasteiger partial charge in [-0.3, -0.25) is 14.5 Å². The van der Waals surface area contributed by atoms with Crippen molar-refractivity contribution >= 4 is 34.8 Å². The van der Waals surface area contributed by atoms with Crippen LogP contribution in [0.4, 0.5) is 0 Å². The first kappa shape index (κ1) is 19.9. The van der Waals surface area contributed by atoms with Crippen LogP contribution < -0.4 is 5.32 Å². The van der Waals surface area contributed by atoms with Crippen molar-refractivity contribution in [2.75, 3.05) is 32.7 Å². The summed E-state index contributed by atoms with van der Waals surface area (Å²) in [5.41, 5.74) is 1.23. The van der Waals surface area contributed by atoms with Gasteiger partial charge in [-0.05, 0) is 35.6 Å². The topological polar surface area (TPSA) is 52.7 Å². The van der Waals surface area contributed by atoms with Crippen molar-refractivity contribution in [1.82, 2.24) is 15.1 Å². The Kier molecular flexibility index (Phi) is 7.26. The molecule has 1 N–H and O–H groups in total. The number of nitrogens with zero attached hydrogens (tertiary/aromatic N) is 2. The fourth-order valence-electron chi connectivity index (χ4n) is 3.16. The largest absolute Gasteiger partial charge is 0.351 e. The van der Waals surface area contributed by atoms with Gasteiger partial charge in [-0.25, -0.2) is 0 Å². The van der Waals surface area contributed by atoms with Crippen molar-refractivity contribution in [3.8, 4) is 0 Å². The number of rotatable bonds is 6. The van der Waals surface area contributed by atoms with E-state index in [1.54, 1.807) is 6.07 Å². The van der Waals surface area contributed by atoms with E-state index < -0.39 is 0 Å². The van der Waals surface area contributed by atoms with Crippen LogP contribution in [-0.4, -0.2) is 54.3 Å². The van der Waals surface area contributed by atoms with Crippen LogP contribution >= 0.6 is 22.9 Å². The van der Waals surface area contributed by atoms with E-state index >= 15 is 0 Å². The Morgan fingerprint density at radius 2 is 1.89 bits per heavy atom. The molecule has 144 valence electrons. The van der Waals surface area contributed by atoms with Crippen LogP contribution in [0.1, 0.15) is 28.1 Å². The summed E-state index contributed by atoms with van der Waals surface area (Å²) >= 11 is 7.34. The Labute approximate surface area is 168 Å². The van der Waals surface area contributed by atoms with E-state index in [2.05, 4.69) is 10.2 Å². The zero-order valence-electron chi connectivity index (χ0n) is 15.2. The third-order valence-electron chi connectivity index (χ3n) is 4.63. The molecule has 0 saturated carbocycles. The molecule has 7 heteroatoms. The Morgan fingerprint density at radius 3 is 2.63 bits per heavy atom. The monoisotopic (exact) mass is 405 g/mol. The molecule has 0 spiro atoms. The maximum Gasteiger partial charge on any atom is 0.261 e. The molecule has 1 aromatic carbocycles. The lowest BCUT2D eigenvalue weighted by Crippen LogP contribution is -2.37. The molecule has 1 fully saturated rings. The summed E-state index contributed by atoms with van der Waals surface area (Å²) < 4.78 is 0.